The van der Waals surface area contributed by atoms with Crippen LogP contribution in [0.1, 0.15) is 21.6 Å². The number of nitrogens with zero attached hydrogens (tertiary/aromatic N) is 1. The summed E-state index contributed by atoms with van der Waals surface area (Å²) in [6.45, 7) is -2.24. The minimum atomic E-state index is -4.90. The summed E-state index contributed by atoms with van der Waals surface area (Å²) in [4.78, 5) is 23.4. The molecule has 1 heterocycles. The van der Waals surface area contributed by atoms with Gasteiger partial charge in [-0.15, -0.1) is 0 Å². The molecular formula is C16H12F6N2O3. The number of carbonyl (C=O) groups excluding carboxylic acids is 1. The Balaban J connectivity index is 2.43. The van der Waals surface area contributed by atoms with E-state index in [2.05, 4.69) is 4.74 Å². The molecule has 0 unspecified atom stereocenters. The molecule has 11 heteroatoms. The van der Waals surface area contributed by atoms with Gasteiger partial charge >= 0.3 is 12.4 Å². The number of aromatic nitrogens is 1. The van der Waals surface area contributed by atoms with Gasteiger partial charge in [-0.05, 0) is 29.8 Å². The zero-order chi connectivity index (χ0) is 20.4. The van der Waals surface area contributed by atoms with Crippen LogP contribution >= 0.6 is 0 Å². The number of hydrogen-bond acceptors (Lipinski definition) is 3. The highest BCUT2D eigenvalue weighted by atomic mass is 19.4. The predicted molar refractivity (Wildman–Crippen MR) is 81.3 cm³/mol. The van der Waals surface area contributed by atoms with E-state index >= 15 is 0 Å². The summed E-state index contributed by atoms with van der Waals surface area (Å²) in [5.74, 6) is -1.44. The maximum Gasteiger partial charge on any atom is 0.431 e. The van der Waals surface area contributed by atoms with Crippen molar-refractivity contribution in [3.05, 3.63) is 63.6 Å². The van der Waals surface area contributed by atoms with Crippen molar-refractivity contribution in [2.24, 2.45) is 5.73 Å². The van der Waals surface area contributed by atoms with Crippen LogP contribution in [0.2, 0.25) is 0 Å². The number of halogens is 6. The first-order chi connectivity index (χ1) is 12.4. The normalized spacial score (nSPS) is 12.1. The Morgan fingerprint density at radius 2 is 1.74 bits per heavy atom. The summed E-state index contributed by atoms with van der Waals surface area (Å²) in [7, 11) is 0. The van der Waals surface area contributed by atoms with Gasteiger partial charge in [0.2, 0.25) is 0 Å². The minimum Gasteiger partial charge on any atom is -0.484 e. The summed E-state index contributed by atoms with van der Waals surface area (Å²) in [5.41, 5.74) is 1.79. The van der Waals surface area contributed by atoms with Crippen molar-refractivity contribution in [1.29, 1.82) is 0 Å². The highest BCUT2D eigenvalue weighted by Crippen LogP contribution is 2.29. The molecule has 1 aromatic carbocycles. The van der Waals surface area contributed by atoms with E-state index in [1.54, 1.807) is 0 Å². The average molecular weight is 394 g/mol. The summed E-state index contributed by atoms with van der Waals surface area (Å²) in [5, 5.41) is 0. The molecule has 0 aliphatic heterocycles. The first-order valence-electron chi connectivity index (χ1n) is 7.28. The molecule has 0 radical (unpaired) electrons. The first-order valence-corrected chi connectivity index (χ1v) is 7.28. The van der Waals surface area contributed by atoms with Gasteiger partial charge < -0.3 is 10.5 Å². The Kier molecular flexibility index (Phi) is 5.52. The van der Waals surface area contributed by atoms with E-state index in [1.807, 2.05) is 0 Å². The lowest BCUT2D eigenvalue weighted by Gasteiger charge is -2.17. The van der Waals surface area contributed by atoms with Gasteiger partial charge in [0.15, 0.2) is 6.61 Å². The monoisotopic (exact) mass is 394 g/mol. The van der Waals surface area contributed by atoms with Crippen LogP contribution in [0, 0.1) is 0 Å². The molecule has 5 nitrogen and oxygen atoms in total. The molecule has 27 heavy (non-hydrogen) atoms. The summed E-state index contributed by atoms with van der Waals surface area (Å²) in [6.07, 6.45) is -9.49. The zero-order valence-corrected chi connectivity index (χ0v) is 13.4. The standard InChI is InChI=1S/C16H12F6N2O3/c17-15(18,19)8-27-10-3-1-2-9(6-10)7-24-12(16(20,21)22)5-4-11(13(23)25)14(24)26/h1-6H,7-8H2,(H2,23,25). The van der Waals surface area contributed by atoms with E-state index < -0.39 is 48.2 Å². The van der Waals surface area contributed by atoms with E-state index in [0.717, 1.165) is 6.07 Å². The van der Waals surface area contributed by atoms with Crippen LogP contribution in [0.3, 0.4) is 0 Å². The number of primary amides is 1. The molecule has 2 aromatic rings. The quantitative estimate of drug-likeness (QED) is 0.793. The van der Waals surface area contributed by atoms with Crippen molar-refractivity contribution in [2.45, 2.75) is 18.9 Å². The van der Waals surface area contributed by atoms with Gasteiger partial charge in [-0.25, -0.2) is 0 Å². The van der Waals surface area contributed by atoms with Crippen molar-refractivity contribution in [3.63, 3.8) is 0 Å². The number of alkyl halides is 6. The summed E-state index contributed by atoms with van der Waals surface area (Å²) >= 11 is 0. The topological polar surface area (TPSA) is 74.3 Å². The number of pyridine rings is 1. The van der Waals surface area contributed by atoms with E-state index in [1.165, 1.54) is 18.2 Å². The fourth-order valence-corrected chi connectivity index (χ4v) is 2.25. The molecule has 0 saturated carbocycles. The third-order valence-electron chi connectivity index (χ3n) is 3.37. The molecular weight excluding hydrogens is 382 g/mol. The summed E-state index contributed by atoms with van der Waals surface area (Å²) in [6, 6.07) is 6.01. The Bertz CT molecular complexity index is 902. The van der Waals surface area contributed by atoms with E-state index in [-0.39, 0.29) is 15.9 Å². The van der Waals surface area contributed by atoms with Crippen LogP contribution < -0.4 is 16.0 Å². The fraction of sp³-hybridized carbons (Fsp3) is 0.250. The third kappa shape index (κ3) is 5.25. The lowest BCUT2D eigenvalue weighted by molar-refractivity contribution is -0.153. The predicted octanol–water partition coefficient (Wildman–Crippen LogP) is 2.96. The van der Waals surface area contributed by atoms with Crippen LogP contribution in [0.25, 0.3) is 0 Å². The molecule has 0 spiro atoms. The van der Waals surface area contributed by atoms with Crippen molar-refractivity contribution in [2.75, 3.05) is 6.61 Å². The molecule has 0 aliphatic rings. The maximum atomic E-state index is 13.2. The number of ether oxygens (including phenoxy) is 1. The molecule has 1 aromatic heterocycles. The van der Waals surface area contributed by atoms with Crippen molar-refractivity contribution in [3.8, 4) is 5.75 Å². The van der Waals surface area contributed by atoms with E-state index in [4.69, 9.17) is 5.73 Å². The van der Waals surface area contributed by atoms with Crippen LogP contribution in [0.15, 0.2) is 41.2 Å². The van der Waals surface area contributed by atoms with Gasteiger partial charge in [0.05, 0.1) is 6.54 Å². The number of amides is 1. The zero-order valence-electron chi connectivity index (χ0n) is 13.4. The van der Waals surface area contributed by atoms with Crippen molar-refractivity contribution in [1.82, 2.24) is 4.57 Å². The second-order valence-corrected chi connectivity index (χ2v) is 5.44. The smallest absolute Gasteiger partial charge is 0.431 e. The molecule has 0 bridgehead atoms. The Morgan fingerprint density at radius 3 is 2.30 bits per heavy atom. The average Bonchev–Trinajstić information content (AvgIpc) is 2.53. The molecule has 0 aliphatic carbocycles. The Labute approximate surface area is 148 Å². The van der Waals surface area contributed by atoms with Crippen LogP contribution in [0.4, 0.5) is 26.3 Å². The molecule has 0 atom stereocenters. The highest BCUT2D eigenvalue weighted by molar-refractivity contribution is 5.92. The second kappa shape index (κ2) is 7.33. The number of rotatable bonds is 5. The van der Waals surface area contributed by atoms with E-state index in [9.17, 15) is 35.9 Å². The SMILES string of the molecule is NC(=O)c1ccc(C(F)(F)F)n(Cc2cccc(OCC(F)(F)F)c2)c1=O. The van der Waals surface area contributed by atoms with E-state index in [0.29, 0.717) is 12.1 Å². The first kappa shape index (κ1) is 20.3. The van der Waals surface area contributed by atoms with Crippen LogP contribution in [0.5, 0.6) is 5.75 Å². The van der Waals surface area contributed by atoms with Gasteiger partial charge in [-0.2, -0.15) is 26.3 Å². The number of nitrogens with two attached hydrogens (primary N) is 1. The molecule has 2 rings (SSSR count). The maximum absolute atomic E-state index is 13.2. The number of hydrogen-bond donors (Lipinski definition) is 1. The second-order valence-electron chi connectivity index (χ2n) is 5.44. The van der Waals surface area contributed by atoms with Gasteiger partial charge in [0, 0.05) is 0 Å². The molecule has 146 valence electrons. The third-order valence-corrected chi connectivity index (χ3v) is 3.37. The molecule has 1 amide bonds. The largest absolute Gasteiger partial charge is 0.484 e. The fourth-order valence-electron chi connectivity index (χ4n) is 2.25. The van der Waals surface area contributed by atoms with Gasteiger partial charge in [0.1, 0.15) is 17.0 Å². The highest BCUT2D eigenvalue weighted by Gasteiger charge is 2.35. The number of carbonyl (C=O) groups is 1. The molecule has 0 fully saturated rings. The lowest BCUT2D eigenvalue weighted by Crippen LogP contribution is -2.34. The van der Waals surface area contributed by atoms with Crippen LogP contribution in [-0.2, 0) is 12.7 Å². The minimum absolute atomic E-state index is 0.0592. The molecule has 2 N–H and O–H groups in total. The Morgan fingerprint density at radius 1 is 1.07 bits per heavy atom. The van der Waals surface area contributed by atoms with Crippen molar-refractivity contribution >= 4 is 5.91 Å². The van der Waals surface area contributed by atoms with Gasteiger partial charge in [0.25, 0.3) is 11.5 Å². The van der Waals surface area contributed by atoms with Gasteiger partial charge in [-0.1, -0.05) is 12.1 Å². The summed E-state index contributed by atoms with van der Waals surface area (Å²) < 4.78 is 80.9. The lowest BCUT2D eigenvalue weighted by atomic mass is 10.1. The van der Waals surface area contributed by atoms with Crippen molar-refractivity contribution < 1.29 is 35.9 Å². The van der Waals surface area contributed by atoms with Gasteiger partial charge in [-0.3, -0.25) is 14.2 Å². The molecule has 0 saturated heterocycles. The number of benzene rings is 1. The van der Waals surface area contributed by atoms with Crippen LogP contribution in [-0.4, -0.2) is 23.3 Å². The Hall–Kier alpha value is -2.98.